The van der Waals surface area contributed by atoms with E-state index in [1.54, 1.807) is 48.5 Å². The van der Waals surface area contributed by atoms with E-state index in [0.717, 1.165) is 17.5 Å². The first-order chi connectivity index (χ1) is 14.4. The molecule has 2 heterocycles. The molecule has 2 aromatic carbocycles. The highest BCUT2D eigenvalue weighted by Crippen LogP contribution is 2.26. The highest BCUT2D eigenvalue weighted by Gasteiger charge is 2.11. The Morgan fingerprint density at radius 3 is 2.43 bits per heavy atom. The lowest BCUT2D eigenvalue weighted by atomic mass is 10.1. The van der Waals surface area contributed by atoms with E-state index in [1.165, 1.54) is 22.3 Å². The number of anilines is 2. The molecule has 4 rings (SSSR count). The quantitative estimate of drug-likeness (QED) is 0.470. The van der Waals surface area contributed by atoms with Gasteiger partial charge in [0.2, 0.25) is 10.0 Å². The molecule has 10 nitrogen and oxygen atoms in total. The Labute approximate surface area is 175 Å². The summed E-state index contributed by atoms with van der Waals surface area (Å²) < 4.78 is 26.5. The Balaban J connectivity index is 1.43. The van der Waals surface area contributed by atoms with E-state index in [1.807, 2.05) is 5.38 Å². The lowest BCUT2D eigenvalue weighted by Gasteiger charge is -2.04. The molecule has 0 saturated carbocycles. The predicted octanol–water partition coefficient (Wildman–Crippen LogP) is 2.41. The molecule has 0 aliphatic heterocycles. The first-order valence-corrected chi connectivity index (χ1v) is 11.3. The average Bonchev–Trinajstić information content (AvgIpc) is 3.40. The number of amides is 1. The molecule has 0 radical (unpaired) electrons. The van der Waals surface area contributed by atoms with Crippen LogP contribution in [0.5, 0.6) is 0 Å². The lowest BCUT2D eigenvalue weighted by Crippen LogP contribution is -2.11. The van der Waals surface area contributed by atoms with Gasteiger partial charge in [-0.3, -0.25) is 14.8 Å². The zero-order chi connectivity index (χ0) is 21.1. The molecule has 152 valence electrons. The lowest BCUT2D eigenvalue weighted by molar-refractivity contribution is 0.102. The van der Waals surface area contributed by atoms with Crippen LogP contribution < -0.4 is 10.0 Å². The number of thiazole rings is 1. The standard InChI is InChI=1S/C18H15N7O3S2/c1-30(27,28)22-14-6-2-12(3-7-14)16-10-29-18(20-16)21-17(26)13-4-8-15(9-5-13)25-11-19-23-24-25/h2-11,22H,1H3,(H,20,21,26). The van der Waals surface area contributed by atoms with Crippen LogP contribution in [0.25, 0.3) is 16.9 Å². The molecule has 0 fully saturated rings. The summed E-state index contributed by atoms with van der Waals surface area (Å²) in [6, 6.07) is 13.6. The van der Waals surface area contributed by atoms with Gasteiger partial charge < -0.3 is 0 Å². The third-order valence-corrected chi connectivity index (χ3v) is 5.32. The van der Waals surface area contributed by atoms with Gasteiger partial charge in [-0.25, -0.2) is 18.1 Å². The van der Waals surface area contributed by atoms with Gasteiger partial charge >= 0.3 is 0 Å². The SMILES string of the molecule is CS(=O)(=O)Nc1ccc(-c2csc(NC(=O)c3ccc(-n4cnnn4)cc3)n2)cc1. The van der Waals surface area contributed by atoms with Crippen LogP contribution in [0.2, 0.25) is 0 Å². The minimum atomic E-state index is -3.33. The van der Waals surface area contributed by atoms with Crippen molar-refractivity contribution in [3.8, 4) is 16.9 Å². The predicted molar refractivity (Wildman–Crippen MR) is 113 cm³/mol. The minimum Gasteiger partial charge on any atom is -0.298 e. The molecule has 4 aromatic rings. The fraction of sp³-hybridized carbons (Fsp3) is 0.0556. The molecule has 0 bridgehead atoms. The zero-order valence-electron chi connectivity index (χ0n) is 15.6. The number of rotatable bonds is 6. The number of carbonyl (C=O) groups is 1. The van der Waals surface area contributed by atoms with E-state index in [0.29, 0.717) is 22.1 Å². The summed E-state index contributed by atoms with van der Waals surface area (Å²) in [7, 11) is -3.33. The number of hydrogen-bond acceptors (Lipinski definition) is 8. The van der Waals surface area contributed by atoms with Gasteiger partial charge in [0.1, 0.15) is 6.33 Å². The van der Waals surface area contributed by atoms with Gasteiger partial charge in [0.05, 0.1) is 17.6 Å². The van der Waals surface area contributed by atoms with Crippen LogP contribution in [-0.4, -0.2) is 45.8 Å². The van der Waals surface area contributed by atoms with Gasteiger partial charge in [0.15, 0.2) is 5.13 Å². The molecule has 30 heavy (non-hydrogen) atoms. The van der Waals surface area contributed by atoms with Crippen LogP contribution in [0, 0.1) is 0 Å². The molecule has 0 unspecified atom stereocenters. The maximum absolute atomic E-state index is 12.5. The van der Waals surface area contributed by atoms with Crippen molar-refractivity contribution in [2.75, 3.05) is 16.3 Å². The van der Waals surface area contributed by atoms with Gasteiger partial charge in [-0.05, 0) is 46.8 Å². The topological polar surface area (TPSA) is 132 Å². The fourth-order valence-electron chi connectivity index (χ4n) is 2.60. The van der Waals surface area contributed by atoms with Crippen LogP contribution in [0.15, 0.2) is 60.2 Å². The minimum absolute atomic E-state index is 0.285. The molecule has 0 spiro atoms. The molecule has 2 N–H and O–H groups in total. The molecule has 2 aromatic heterocycles. The number of carbonyl (C=O) groups excluding carboxylic acids is 1. The second-order valence-electron chi connectivity index (χ2n) is 6.24. The first kappa shape index (κ1) is 19.7. The van der Waals surface area contributed by atoms with Crippen molar-refractivity contribution in [3.63, 3.8) is 0 Å². The molecular weight excluding hydrogens is 426 g/mol. The van der Waals surface area contributed by atoms with Crippen molar-refractivity contribution in [2.24, 2.45) is 0 Å². The van der Waals surface area contributed by atoms with E-state index in [2.05, 4.69) is 30.5 Å². The summed E-state index contributed by atoms with van der Waals surface area (Å²) in [6.45, 7) is 0. The third kappa shape index (κ3) is 4.67. The van der Waals surface area contributed by atoms with E-state index in [9.17, 15) is 13.2 Å². The zero-order valence-corrected chi connectivity index (χ0v) is 17.2. The smallest absolute Gasteiger partial charge is 0.257 e. The molecular formula is C18H15N7O3S2. The first-order valence-electron chi connectivity index (χ1n) is 8.56. The number of sulfonamides is 1. The van der Waals surface area contributed by atoms with Crippen molar-refractivity contribution in [2.45, 2.75) is 0 Å². The van der Waals surface area contributed by atoms with Crippen LogP contribution in [0.4, 0.5) is 10.8 Å². The number of benzene rings is 2. The highest BCUT2D eigenvalue weighted by molar-refractivity contribution is 7.92. The monoisotopic (exact) mass is 441 g/mol. The van der Waals surface area contributed by atoms with E-state index < -0.39 is 10.0 Å². The number of aromatic nitrogens is 5. The van der Waals surface area contributed by atoms with Gasteiger partial charge in [-0.1, -0.05) is 12.1 Å². The van der Waals surface area contributed by atoms with Crippen LogP contribution >= 0.6 is 11.3 Å². The van der Waals surface area contributed by atoms with Crippen molar-refractivity contribution < 1.29 is 13.2 Å². The highest BCUT2D eigenvalue weighted by atomic mass is 32.2. The number of nitrogens with zero attached hydrogens (tertiary/aromatic N) is 5. The van der Waals surface area contributed by atoms with Crippen LogP contribution in [0.1, 0.15) is 10.4 Å². The van der Waals surface area contributed by atoms with E-state index >= 15 is 0 Å². The van der Waals surface area contributed by atoms with Crippen LogP contribution in [0.3, 0.4) is 0 Å². The summed E-state index contributed by atoms with van der Waals surface area (Å²) in [4.78, 5) is 16.9. The number of nitrogens with one attached hydrogen (secondary N) is 2. The Bertz CT molecular complexity index is 1270. The maximum atomic E-state index is 12.5. The average molecular weight is 441 g/mol. The molecule has 12 heteroatoms. The van der Waals surface area contributed by atoms with Crippen molar-refractivity contribution >= 4 is 38.1 Å². The fourth-order valence-corrected chi connectivity index (χ4v) is 3.88. The largest absolute Gasteiger partial charge is 0.298 e. The second kappa shape index (κ2) is 8.00. The van der Waals surface area contributed by atoms with Crippen molar-refractivity contribution in [1.82, 2.24) is 25.2 Å². The van der Waals surface area contributed by atoms with E-state index in [4.69, 9.17) is 0 Å². The molecule has 0 saturated heterocycles. The number of tetrazole rings is 1. The molecule has 1 amide bonds. The summed E-state index contributed by atoms with van der Waals surface area (Å²) in [6.07, 6.45) is 2.56. The summed E-state index contributed by atoms with van der Waals surface area (Å²) in [5.74, 6) is -0.285. The Kier molecular flexibility index (Phi) is 5.25. The van der Waals surface area contributed by atoms with Crippen molar-refractivity contribution in [3.05, 3.63) is 65.8 Å². The normalized spacial score (nSPS) is 11.2. The van der Waals surface area contributed by atoms with Gasteiger partial charge in [-0.2, -0.15) is 0 Å². The third-order valence-electron chi connectivity index (χ3n) is 3.95. The summed E-state index contributed by atoms with van der Waals surface area (Å²) in [5, 5.41) is 16.0. The Morgan fingerprint density at radius 2 is 1.80 bits per heavy atom. The molecule has 0 aliphatic rings. The van der Waals surface area contributed by atoms with Gasteiger partial charge in [-0.15, -0.1) is 16.4 Å². The summed E-state index contributed by atoms with van der Waals surface area (Å²) >= 11 is 1.30. The van der Waals surface area contributed by atoms with Gasteiger partial charge in [0, 0.05) is 22.2 Å². The van der Waals surface area contributed by atoms with Gasteiger partial charge in [0.25, 0.3) is 5.91 Å². The van der Waals surface area contributed by atoms with Crippen LogP contribution in [-0.2, 0) is 10.0 Å². The maximum Gasteiger partial charge on any atom is 0.257 e. The second-order valence-corrected chi connectivity index (χ2v) is 8.85. The molecule has 0 atom stereocenters. The van der Waals surface area contributed by atoms with E-state index in [-0.39, 0.29) is 5.91 Å². The Morgan fingerprint density at radius 1 is 1.07 bits per heavy atom. The van der Waals surface area contributed by atoms with Crippen molar-refractivity contribution in [1.29, 1.82) is 0 Å². The Hall–Kier alpha value is -3.64. The molecule has 0 aliphatic carbocycles. The number of hydrogen-bond donors (Lipinski definition) is 2. The summed E-state index contributed by atoms with van der Waals surface area (Å²) in [5.41, 5.74) is 3.16.